The Morgan fingerprint density at radius 1 is 0.811 bits per heavy atom. The van der Waals surface area contributed by atoms with Gasteiger partial charge < -0.3 is 4.90 Å². The molecule has 2 rings (SSSR count). The lowest BCUT2D eigenvalue weighted by Crippen LogP contribution is -2.32. The van der Waals surface area contributed by atoms with E-state index < -0.39 is 44.6 Å². The summed E-state index contributed by atoms with van der Waals surface area (Å²) in [5.41, 5.74) is -0.865. The lowest BCUT2D eigenvalue weighted by atomic mass is 10.1. The summed E-state index contributed by atoms with van der Waals surface area (Å²) in [7, 11) is -3.99. The molecule has 10 heteroatoms. The van der Waals surface area contributed by atoms with Crippen molar-refractivity contribution >= 4 is 28.0 Å². The predicted molar refractivity (Wildman–Crippen MR) is 139 cm³/mol. The first-order valence-corrected chi connectivity index (χ1v) is 14.4. The van der Waals surface area contributed by atoms with Crippen LogP contribution in [0.25, 0.3) is 12.2 Å². The van der Waals surface area contributed by atoms with E-state index in [1.165, 1.54) is 11.0 Å². The molecule has 0 bridgehead atoms. The number of hydrogen-bond acceptors (Lipinski definition) is 3. The standard InChI is InChI=1S/C27H36F4N2O3S/c1-3-5-7-16-33(17-8-6-4-2)27-25(30)23(28)22(24(29)26(27)31)12-11-21-13-18-32(19-14-21)15-9-10-20-37(34,35)36/h11-14,18-19H,3-10,15-17,20H2,1-2H3/p+1. The van der Waals surface area contributed by atoms with Crippen molar-refractivity contribution in [1.29, 1.82) is 0 Å². The largest absolute Gasteiger partial charge is 0.367 e. The molecular weight excluding hydrogens is 508 g/mol. The highest BCUT2D eigenvalue weighted by molar-refractivity contribution is 7.85. The number of nitrogens with zero attached hydrogens (tertiary/aromatic N) is 2. The first-order chi connectivity index (χ1) is 17.6. The quantitative estimate of drug-likeness (QED) is 0.0854. The van der Waals surface area contributed by atoms with Crippen LogP contribution in [-0.2, 0) is 16.7 Å². The average Bonchev–Trinajstić information content (AvgIpc) is 2.85. The Hall–Kier alpha value is -2.46. The number of halogens is 4. The molecule has 206 valence electrons. The van der Waals surface area contributed by atoms with Crippen molar-refractivity contribution in [3.63, 3.8) is 0 Å². The number of unbranched alkanes of at least 4 members (excludes halogenated alkanes) is 5. The van der Waals surface area contributed by atoms with Gasteiger partial charge in [0.05, 0.1) is 11.3 Å². The molecule has 0 saturated carbocycles. The van der Waals surface area contributed by atoms with Crippen molar-refractivity contribution in [2.75, 3.05) is 23.7 Å². The van der Waals surface area contributed by atoms with Crippen LogP contribution >= 0.6 is 0 Å². The third-order valence-corrected chi connectivity index (χ3v) is 6.89. The summed E-state index contributed by atoms with van der Waals surface area (Å²) in [4.78, 5) is 1.42. The second-order valence-electron chi connectivity index (χ2n) is 9.12. The molecule has 1 heterocycles. The lowest BCUT2D eigenvalue weighted by Gasteiger charge is -2.26. The number of hydrogen-bond donors (Lipinski definition) is 1. The molecule has 0 aliphatic carbocycles. The fourth-order valence-corrected chi connectivity index (χ4v) is 4.56. The highest BCUT2D eigenvalue weighted by Crippen LogP contribution is 2.32. The Kier molecular flexibility index (Phi) is 12.5. The SMILES string of the molecule is CCCCCN(CCCCC)c1c(F)c(F)c(C=Cc2cc[n+](CCCCS(=O)(=O)O)cc2)c(F)c1F. The molecule has 37 heavy (non-hydrogen) atoms. The van der Waals surface area contributed by atoms with Crippen LogP contribution in [0.15, 0.2) is 24.5 Å². The van der Waals surface area contributed by atoms with Crippen LogP contribution < -0.4 is 9.47 Å². The van der Waals surface area contributed by atoms with Gasteiger partial charge in [-0.2, -0.15) is 8.42 Å². The molecule has 5 nitrogen and oxygen atoms in total. The molecule has 1 aromatic carbocycles. The van der Waals surface area contributed by atoms with Crippen molar-refractivity contribution in [2.24, 2.45) is 0 Å². The van der Waals surface area contributed by atoms with Gasteiger partial charge >= 0.3 is 0 Å². The molecule has 0 radical (unpaired) electrons. The molecule has 0 aliphatic rings. The van der Waals surface area contributed by atoms with Gasteiger partial charge in [-0.1, -0.05) is 45.6 Å². The second kappa shape index (κ2) is 15.1. The number of aromatic nitrogens is 1. The van der Waals surface area contributed by atoms with Gasteiger partial charge in [0.15, 0.2) is 35.7 Å². The number of anilines is 1. The fraction of sp³-hybridized carbons (Fsp3) is 0.519. The Morgan fingerprint density at radius 2 is 1.35 bits per heavy atom. The van der Waals surface area contributed by atoms with Crippen LogP contribution in [0.1, 0.15) is 76.3 Å². The van der Waals surface area contributed by atoms with E-state index >= 15 is 8.78 Å². The van der Waals surface area contributed by atoms with Crippen molar-refractivity contribution in [1.82, 2.24) is 0 Å². The van der Waals surface area contributed by atoms with Gasteiger partial charge in [-0.05, 0) is 30.9 Å². The number of aryl methyl sites for hydroxylation is 1. The van der Waals surface area contributed by atoms with Crippen LogP contribution in [0.3, 0.4) is 0 Å². The number of pyridine rings is 1. The topological polar surface area (TPSA) is 61.5 Å². The summed E-state index contributed by atoms with van der Waals surface area (Å²) in [6.07, 6.45) is 11.4. The van der Waals surface area contributed by atoms with Gasteiger partial charge in [0.2, 0.25) is 0 Å². The van der Waals surface area contributed by atoms with Gasteiger partial charge in [-0.15, -0.1) is 0 Å². The summed E-state index contributed by atoms with van der Waals surface area (Å²) in [5, 5.41) is 0. The zero-order valence-corrected chi connectivity index (χ0v) is 22.3. The maximum atomic E-state index is 15.1. The van der Waals surface area contributed by atoms with E-state index in [1.807, 2.05) is 13.8 Å². The van der Waals surface area contributed by atoms with Crippen molar-refractivity contribution in [3.05, 3.63) is 58.9 Å². The molecule has 0 saturated heterocycles. The lowest BCUT2D eigenvalue weighted by molar-refractivity contribution is -0.697. The highest BCUT2D eigenvalue weighted by Gasteiger charge is 2.27. The van der Waals surface area contributed by atoms with Gasteiger partial charge in [0.25, 0.3) is 10.1 Å². The molecule has 0 spiro atoms. The van der Waals surface area contributed by atoms with Crippen LogP contribution in [0.4, 0.5) is 23.2 Å². The Bertz CT molecular complexity index is 1100. The third kappa shape index (κ3) is 9.74. The number of benzene rings is 1. The minimum atomic E-state index is -3.99. The predicted octanol–water partition coefficient (Wildman–Crippen LogP) is 6.56. The van der Waals surface area contributed by atoms with E-state index in [2.05, 4.69) is 0 Å². The zero-order valence-electron chi connectivity index (χ0n) is 21.5. The Morgan fingerprint density at radius 3 is 1.84 bits per heavy atom. The zero-order chi connectivity index (χ0) is 27.4. The molecule has 0 fully saturated rings. The first-order valence-electron chi connectivity index (χ1n) is 12.8. The molecule has 2 aromatic rings. The van der Waals surface area contributed by atoms with Crippen molar-refractivity contribution in [3.8, 4) is 0 Å². The van der Waals surface area contributed by atoms with Crippen molar-refractivity contribution in [2.45, 2.75) is 71.8 Å². The normalized spacial score (nSPS) is 12.0. The Labute approximate surface area is 217 Å². The van der Waals surface area contributed by atoms with Gasteiger partial charge in [-0.25, -0.2) is 22.1 Å². The van der Waals surface area contributed by atoms with E-state index in [-0.39, 0.29) is 5.75 Å². The highest BCUT2D eigenvalue weighted by atomic mass is 32.2. The van der Waals surface area contributed by atoms with E-state index in [9.17, 15) is 17.2 Å². The van der Waals surface area contributed by atoms with Crippen LogP contribution in [0.2, 0.25) is 0 Å². The van der Waals surface area contributed by atoms with E-state index in [4.69, 9.17) is 4.55 Å². The molecule has 0 aliphatic heterocycles. The van der Waals surface area contributed by atoms with Crippen LogP contribution in [-0.4, -0.2) is 31.8 Å². The molecular formula is C27H37F4N2O3S+. The monoisotopic (exact) mass is 545 g/mol. The van der Waals surface area contributed by atoms with Crippen LogP contribution in [0, 0.1) is 23.3 Å². The smallest absolute Gasteiger partial charge is 0.264 e. The third-order valence-electron chi connectivity index (χ3n) is 6.08. The molecule has 0 unspecified atom stereocenters. The summed E-state index contributed by atoms with van der Waals surface area (Å²) in [6, 6.07) is 3.30. The van der Waals surface area contributed by atoms with Gasteiger partial charge in [0.1, 0.15) is 12.2 Å². The average molecular weight is 546 g/mol. The maximum absolute atomic E-state index is 15.1. The van der Waals surface area contributed by atoms with E-state index in [0.717, 1.165) is 31.8 Å². The van der Waals surface area contributed by atoms with E-state index in [0.29, 0.717) is 50.9 Å². The van der Waals surface area contributed by atoms with Crippen LogP contribution in [0.5, 0.6) is 0 Å². The van der Waals surface area contributed by atoms with E-state index in [1.54, 1.807) is 29.1 Å². The molecule has 1 aromatic heterocycles. The minimum absolute atomic E-state index is 0.299. The Balaban J connectivity index is 2.20. The van der Waals surface area contributed by atoms with Gasteiger partial charge in [0, 0.05) is 31.6 Å². The fourth-order valence-electron chi connectivity index (χ4n) is 3.99. The molecule has 0 atom stereocenters. The van der Waals surface area contributed by atoms with Gasteiger partial charge in [-0.3, -0.25) is 4.55 Å². The second-order valence-corrected chi connectivity index (χ2v) is 10.7. The summed E-state index contributed by atoms with van der Waals surface area (Å²) in [6.45, 7) is 5.15. The molecule has 0 amide bonds. The maximum Gasteiger partial charge on any atom is 0.264 e. The summed E-state index contributed by atoms with van der Waals surface area (Å²) >= 11 is 0. The molecule has 1 N–H and O–H groups in total. The minimum Gasteiger partial charge on any atom is -0.367 e. The summed E-state index contributed by atoms with van der Waals surface area (Å²) < 4.78 is 92.1. The number of rotatable bonds is 16. The first kappa shape index (κ1) is 30.8. The summed E-state index contributed by atoms with van der Waals surface area (Å²) in [5.74, 6) is -5.94. The van der Waals surface area contributed by atoms with Crippen molar-refractivity contribution < 1.29 is 35.1 Å².